The van der Waals surface area contributed by atoms with Gasteiger partial charge in [0.1, 0.15) is 6.67 Å². The highest BCUT2D eigenvalue weighted by Crippen LogP contribution is 2.47. The molecule has 3 aliphatic rings. The van der Waals surface area contributed by atoms with E-state index in [1.165, 1.54) is 11.9 Å². The molecule has 4 nitrogen and oxygen atoms in total. The monoisotopic (exact) mass is 301 g/mol. The van der Waals surface area contributed by atoms with E-state index in [1.807, 2.05) is 7.05 Å². The molecule has 3 fully saturated rings. The van der Waals surface area contributed by atoms with E-state index in [4.69, 9.17) is 0 Å². The normalized spacial score (nSPS) is 30.2. The second-order valence-electron chi connectivity index (χ2n) is 6.65. The van der Waals surface area contributed by atoms with E-state index in [2.05, 4.69) is 14.9 Å². The van der Waals surface area contributed by atoms with Crippen molar-refractivity contribution in [3.8, 4) is 0 Å². The van der Waals surface area contributed by atoms with Gasteiger partial charge in [-0.05, 0) is 52.1 Å². The molecule has 0 aromatic rings. The molecule has 3 rings (SSSR count). The second kappa shape index (κ2) is 5.46. The van der Waals surface area contributed by atoms with Crippen LogP contribution in [0.25, 0.3) is 0 Å². The van der Waals surface area contributed by atoms with Crippen LogP contribution in [0.15, 0.2) is 0 Å². The number of rotatable bonds is 7. The van der Waals surface area contributed by atoms with Gasteiger partial charge in [-0.25, -0.2) is 4.39 Å². The maximum Gasteiger partial charge on any atom is 0.237 e. The summed E-state index contributed by atoms with van der Waals surface area (Å²) in [4.78, 5) is 14.4. The van der Waals surface area contributed by atoms with Crippen molar-refractivity contribution in [2.75, 3.05) is 26.8 Å². The van der Waals surface area contributed by atoms with Crippen molar-refractivity contribution < 1.29 is 9.18 Å². The van der Waals surface area contributed by atoms with Gasteiger partial charge in [0.25, 0.3) is 0 Å². The summed E-state index contributed by atoms with van der Waals surface area (Å²) in [5, 5.41) is 3.21. The molecule has 0 spiro atoms. The summed E-state index contributed by atoms with van der Waals surface area (Å²) in [6, 6.07) is 0.0424. The molecule has 1 saturated heterocycles. The topological polar surface area (TPSA) is 44.4 Å². The molecule has 6 heteroatoms. The fourth-order valence-corrected chi connectivity index (χ4v) is 3.83. The van der Waals surface area contributed by atoms with Gasteiger partial charge in [-0.15, -0.1) is 0 Å². The molecule has 1 aliphatic heterocycles. The quantitative estimate of drug-likeness (QED) is 0.699. The predicted molar refractivity (Wildman–Crippen MR) is 79.3 cm³/mol. The minimum absolute atomic E-state index is 0.0424. The Bertz CT molecular complexity index is 385. The van der Waals surface area contributed by atoms with Crippen molar-refractivity contribution in [2.24, 2.45) is 0 Å². The van der Waals surface area contributed by atoms with Crippen LogP contribution in [0.5, 0.6) is 0 Å². The Morgan fingerprint density at radius 1 is 1.40 bits per heavy atom. The SMILES string of the molecule is CN1CCCC1C(=O)NC1(CNSC2(CF)CC2)CC1. The van der Waals surface area contributed by atoms with Crippen LogP contribution in [0.1, 0.15) is 38.5 Å². The first-order valence-electron chi connectivity index (χ1n) is 7.57. The zero-order valence-electron chi connectivity index (χ0n) is 12.1. The van der Waals surface area contributed by atoms with Crippen molar-refractivity contribution in [1.82, 2.24) is 14.9 Å². The van der Waals surface area contributed by atoms with E-state index in [1.54, 1.807) is 0 Å². The molecule has 2 saturated carbocycles. The van der Waals surface area contributed by atoms with E-state index in [0.29, 0.717) is 0 Å². The molecular weight excluding hydrogens is 277 g/mol. The van der Waals surface area contributed by atoms with Crippen LogP contribution < -0.4 is 10.0 Å². The average Bonchev–Trinajstić information content (AvgIpc) is 3.32. The summed E-state index contributed by atoms with van der Waals surface area (Å²) in [6.45, 7) is 1.51. The number of carbonyl (C=O) groups is 1. The standard InChI is InChI=1S/C14H24FN3OS/c1-18-8-2-3-11(18)12(19)17-13(4-5-13)10-16-20-14(9-15)6-7-14/h11,16H,2-10H2,1H3,(H,17,19). The average molecular weight is 301 g/mol. The molecule has 1 heterocycles. The molecule has 2 N–H and O–H groups in total. The minimum Gasteiger partial charge on any atom is -0.348 e. The summed E-state index contributed by atoms with van der Waals surface area (Å²) < 4.78 is 15.9. The number of likely N-dealkylation sites (N-methyl/N-ethyl adjacent to an activating group) is 1. The first-order valence-corrected chi connectivity index (χ1v) is 8.39. The van der Waals surface area contributed by atoms with E-state index < -0.39 is 0 Å². The highest BCUT2D eigenvalue weighted by Gasteiger charge is 2.48. The smallest absolute Gasteiger partial charge is 0.237 e. The number of amides is 1. The highest BCUT2D eigenvalue weighted by atomic mass is 32.2. The fourth-order valence-electron chi connectivity index (χ4n) is 2.81. The lowest BCUT2D eigenvalue weighted by Gasteiger charge is -2.24. The third-order valence-corrected chi connectivity index (χ3v) is 6.05. The third kappa shape index (κ3) is 3.12. The number of nitrogens with zero attached hydrogens (tertiary/aromatic N) is 1. The minimum atomic E-state index is -0.253. The van der Waals surface area contributed by atoms with Crippen LogP contribution in [0.2, 0.25) is 0 Å². The largest absolute Gasteiger partial charge is 0.348 e. The number of nitrogens with one attached hydrogen (secondary N) is 2. The van der Waals surface area contributed by atoms with Crippen LogP contribution in [-0.4, -0.2) is 53.9 Å². The molecule has 1 amide bonds. The fraction of sp³-hybridized carbons (Fsp3) is 0.929. The van der Waals surface area contributed by atoms with Crippen LogP contribution in [-0.2, 0) is 4.79 Å². The second-order valence-corrected chi connectivity index (χ2v) is 8.01. The van der Waals surface area contributed by atoms with Crippen molar-refractivity contribution in [2.45, 2.75) is 54.9 Å². The number of halogens is 1. The van der Waals surface area contributed by atoms with Gasteiger partial charge in [-0.2, -0.15) is 0 Å². The van der Waals surface area contributed by atoms with Gasteiger partial charge in [0.15, 0.2) is 0 Å². The van der Waals surface area contributed by atoms with Gasteiger partial charge in [0, 0.05) is 6.54 Å². The maximum atomic E-state index is 12.8. The van der Waals surface area contributed by atoms with Crippen LogP contribution in [0.3, 0.4) is 0 Å². The highest BCUT2D eigenvalue weighted by molar-refractivity contribution is 7.99. The van der Waals surface area contributed by atoms with Gasteiger partial charge < -0.3 is 5.32 Å². The molecule has 0 radical (unpaired) electrons. The first kappa shape index (κ1) is 14.6. The Balaban J connectivity index is 1.43. The third-order valence-electron chi connectivity index (χ3n) is 4.82. The van der Waals surface area contributed by atoms with Gasteiger partial charge >= 0.3 is 0 Å². The van der Waals surface area contributed by atoms with Crippen molar-refractivity contribution in [3.05, 3.63) is 0 Å². The molecule has 2 aliphatic carbocycles. The molecular formula is C14H24FN3OS. The molecule has 1 unspecified atom stereocenters. The van der Waals surface area contributed by atoms with Crippen molar-refractivity contribution in [1.29, 1.82) is 0 Å². The summed E-state index contributed by atoms with van der Waals surface area (Å²) in [5.74, 6) is 0.168. The Labute approximate surface area is 124 Å². The predicted octanol–water partition coefficient (Wildman–Crippen LogP) is 1.47. The lowest BCUT2D eigenvalue weighted by molar-refractivity contribution is -0.126. The van der Waals surface area contributed by atoms with E-state index in [0.717, 1.165) is 51.6 Å². The Hall–Kier alpha value is -0.330. The summed E-state index contributed by atoms with van der Waals surface area (Å²) in [5.41, 5.74) is -0.0695. The molecule has 114 valence electrons. The number of likely N-dealkylation sites (tertiary alicyclic amines) is 1. The molecule has 1 atom stereocenters. The van der Waals surface area contributed by atoms with Crippen LogP contribution in [0, 0.1) is 0 Å². The van der Waals surface area contributed by atoms with E-state index in [-0.39, 0.29) is 28.9 Å². The zero-order valence-corrected chi connectivity index (χ0v) is 12.9. The van der Waals surface area contributed by atoms with E-state index in [9.17, 15) is 9.18 Å². The molecule has 20 heavy (non-hydrogen) atoms. The Kier molecular flexibility index (Phi) is 3.99. The number of carbonyl (C=O) groups excluding carboxylic acids is 1. The molecule has 0 bridgehead atoms. The molecule has 0 aromatic heterocycles. The van der Waals surface area contributed by atoms with Gasteiger partial charge in [-0.3, -0.25) is 14.4 Å². The van der Waals surface area contributed by atoms with Crippen LogP contribution in [0.4, 0.5) is 4.39 Å². The van der Waals surface area contributed by atoms with Gasteiger partial charge in [0.05, 0.1) is 16.3 Å². The first-order chi connectivity index (χ1) is 9.58. The van der Waals surface area contributed by atoms with Crippen LogP contribution >= 0.6 is 11.9 Å². The van der Waals surface area contributed by atoms with Crippen molar-refractivity contribution in [3.63, 3.8) is 0 Å². The number of alkyl halides is 1. The summed E-state index contributed by atoms with van der Waals surface area (Å²) >= 11 is 1.53. The Morgan fingerprint density at radius 3 is 2.65 bits per heavy atom. The lowest BCUT2D eigenvalue weighted by Crippen LogP contribution is -2.50. The lowest BCUT2D eigenvalue weighted by atomic mass is 10.2. The maximum absolute atomic E-state index is 12.8. The van der Waals surface area contributed by atoms with Gasteiger partial charge in [-0.1, -0.05) is 11.9 Å². The summed E-state index contributed by atoms with van der Waals surface area (Å²) in [7, 11) is 2.02. The molecule has 0 aromatic carbocycles. The van der Waals surface area contributed by atoms with Gasteiger partial charge in [0.2, 0.25) is 5.91 Å². The van der Waals surface area contributed by atoms with E-state index >= 15 is 0 Å². The Morgan fingerprint density at radius 2 is 2.15 bits per heavy atom. The summed E-state index contributed by atoms with van der Waals surface area (Å²) in [6.07, 6.45) is 6.07. The number of hydrogen-bond donors (Lipinski definition) is 2. The zero-order chi connectivity index (χ0) is 14.2. The van der Waals surface area contributed by atoms with Crippen molar-refractivity contribution >= 4 is 17.9 Å². The number of hydrogen-bond acceptors (Lipinski definition) is 4.